The van der Waals surface area contributed by atoms with Crippen LogP contribution in [-0.4, -0.2) is 10.5 Å². The molecule has 2 nitrogen and oxygen atoms in total. The van der Waals surface area contributed by atoms with E-state index in [0.29, 0.717) is 0 Å². The largest absolute Gasteiger partial charge is 0.412 e. The third kappa shape index (κ3) is 2.06. The summed E-state index contributed by atoms with van der Waals surface area (Å²) in [6, 6.07) is 5.73. The van der Waals surface area contributed by atoms with Crippen molar-refractivity contribution >= 4 is 6.08 Å². The average molecular weight is 123 g/mol. The zero-order chi connectivity index (χ0) is 5.82. The molecule has 2 heteroatoms. The molecule has 0 amide bonds. The number of rotatable bonds is 1. The summed E-state index contributed by atoms with van der Waals surface area (Å²) in [6.45, 7) is 3.57. The van der Waals surface area contributed by atoms with Gasteiger partial charge in [0.2, 0.25) is 0 Å². The minimum atomic E-state index is 0. The van der Waals surface area contributed by atoms with Crippen LogP contribution in [0.3, 0.4) is 0 Å². The van der Waals surface area contributed by atoms with Crippen LogP contribution in [0.1, 0.15) is 5.69 Å². The predicted octanol–water partition coefficient (Wildman–Crippen LogP) is 0.900. The fourth-order valence-electron chi connectivity index (χ4n) is 0.497. The van der Waals surface area contributed by atoms with Gasteiger partial charge in [0.1, 0.15) is 0 Å². The second-order valence-electron chi connectivity index (χ2n) is 1.46. The van der Waals surface area contributed by atoms with Gasteiger partial charge in [-0.05, 0) is 18.2 Å². The molecule has 1 heterocycles. The first-order valence-electron chi connectivity index (χ1n) is 2.47. The van der Waals surface area contributed by atoms with Gasteiger partial charge in [-0.3, -0.25) is 4.98 Å². The first-order valence-corrected chi connectivity index (χ1v) is 2.47. The molecule has 0 unspecified atom stereocenters. The summed E-state index contributed by atoms with van der Waals surface area (Å²) in [6.07, 6.45) is 3.47. The van der Waals surface area contributed by atoms with Crippen molar-refractivity contribution in [1.82, 2.24) is 4.98 Å². The zero-order valence-electron chi connectivity index (χ0n) is 5.04. The van der Waals surface area contributed by atoms with Crippen molar-refractivity contribution in [3.05, 3.63) is 36.7 Å². The molecule has 0 aliphatic carbocycles. The highest BCUT2D eigenvalue weighted by molar-refractivity contribution is 5.40. The van der Waals surface area contributed by atoms with Gasteiger partial charge in [0.05, 0.1) is 5.69 Å². The average Bonchev–Trinajstić information content (AvgIpc) is 1.90. The summed E-state index contributed by atoms with van der Waals surface area (Å²) in [5, 5.41) is 0. The molecule has 0 aromatic carbocycles. The Morgan fingerprint density at radius 2 is 2.22 bits per heavy atom. The summed E-state index contributed by atoms with van der Waals surface area (Å²) in [4.78, 5) is 3.98. The lowest BCUT2D eigenvalue weighted by Gasteiger charge is -1.84. The van der Waals surface area contributed by atoms with Gasteiger partial charge in [-0.15, -0.1) is 0 Å². The Bertz CT molecular complexity index is 172. The molecule has 0 bridgehead atoms. The van der Waals surface area contributed by atoms with Gasteiger partial charge in [0.15, 0.2) is 0 Å². The molecule has 0 saturated carbocycles. The number of nitrogens with zero attached hydrogens (tertiary/aromatic N) is 1. The summed E-state index contributed by atoms with van der Waals surface area (Å²) in [5.41, 5.74) is 0.924. The summed E-state index contributed by atoms with van der Waals surface area (Å²) >= 11 is 0. The molecule has 2 N–H and O–H groups in total. The van der Waals surface area contributed by atoms with E-state index in [1.807, 2.05) is 18.2 Å². The monoisotopic (exact) mass is 123 g/mol. The van der Waals surface area contributed by atoms with E-state index in [1.54, 1.807) is 12.3 Å². The van der Waals surface area contributed by atoms with E-state index in [2.05, 4.69) is 11.6 Å². The maximum atomic E-state index is 3.98. The van der Waals surface area contributed by atoms with Crippen molar-refractivity contribution in [2.75, 3.05) is 0 Å². The summed E-state index contributed by atoms with van der Waals surface area (Å²) in [5.74, 6) is 0. The van der Waals surface area contributed by atoms with Crippen LogP contribution < -0.4 is 0 Å². The Morgan fingerprint density at radius 1 is 1.44 bits per heavy atom. The maximum absolute atomic E-state index is 3.98. The fraction of sp³-hybridized carbons (Fsp3) is 0. The molecule has 0 atom stereocenters. The molecule has 9 heavy (non-hydrogen) atoms. The van der Waals surface area contributed by atoms with Gasteiger partial charge < -0.3 is 5.48 Å². The lowest BCUT2D eigenvalue weighted by Crippen LogP contribution is -1.73. The molecule has 0 fully saturated rings. The lowest BCUT2D eigenvalue weighted by atomic mass is 10.4. The number of hydrogen-bond acceptors (Lipinski definition) is 1. The molecule has 1 rings (SSSR count). The maximum Gasteiger partial charge on any atom is 0.0623 e. The Hall–Kier alpha value is -1.15. The second-order valence-corrected chi connectivity index (χ2v) is 1.46. The van der Waals surface area contributed by atoms with Crippen LogP contribution in [0.15, 0.2) is 31.0 Å². The minimum absolute atomic E-state index is 0. The first kappa shape index (κ1) is 7.85. The van der Waals surface area contributed by atoms with E-state index in [-0.39, 0.29) is 5.48 Å². The van der Waals surface area contributed by atoms with Crippen LogP contribution in [0.25, 0.3) is 6.08 Å². The second kappa shape index (κ2) is 3.80. The lowest BCUT2D eigenvalue weighted by molar-refractivity contribution is 0.824. The minimum Gasteiger partial charge on any atom is -0.412 e. The SMILES string of the molecule is C=Cc1ccccn1.O. The van der Waals surface area contributed by atoms with Crippen LogP contribution in [0.4, 0.5) is 0 Å². The van der Waals surface area contributed by atoms with E-state index < -0.39 is 0 Å². The van der Waals surface area contributed by atoms with E-state index >= 15 is 0 Å². The molecule has 0 aliphatic heterocycles. The number of hydrogen-bond donors (Lipinski definition) is 0. The fourth-order valence-corrected chi connectivity index (χ4v) is 0.497. The molecule has 48 valence electrons. The van der Waals surface area contributed by atoms with Crippen LogP contribution in [0, 0.1) is 0 Å². The van der Waals surface area contributed by atoms with Crippen LogP contribution >= 0.6 is 0 Å². The van der Waals surface area contributed by atoms with Crippen molar-refractivity contribution in [3.63, 3.8) is 0 Å². The summed E-state index contributed by atoms with van der Waals surface area (Å²) in [7, 11) is 0. The Labute approximate surface area is 54.2 Å². The quantitative estimate of drug-likeness (QED) is 0.547. The van der Waals surface area contributed by atoms with Crippen LogP contribution in [0.2, 0.25) is 0 Å². The van der Waals surface area contributed by atoms with E-state index in [9.17, 15) is 0 Å². The van der Waals surface area contributed by atoms with E-state index in [4.69, 9.17) is 0 Å². The van der Waals surface area contributed by atoms with Gasteiger partial charge in [0, 0.05) is 6.20 Å². The molecular weight excluding hydrogens is 114 g/mol. The van der Waals surface area contributed by atoms with Gasteiger partial charge in [0.25, 0.3) is 0 Å². The molecule has 0 aliphatic rings. The molecule has 0 saturated heterocycles. The van der Waals surface area contributed by atoms with Gasteiger partial charge >= 0.3 is 0 Å². The Morgan fingerprint density at radius 3 is 2.56 bits per heavy atom. The molecule has 1 aromatic heterocycles. The Kier molecular flexibility index (Phi) is 3.32. The van der Waals surface area contributed by atoms with Crippen LogP contribution in [-0.2, 0) is 0 Å². The number of aromatic nitrogens is 1. The highest BCUT2D eigenvalue weighted by atomic mass is 16.0. The van der Waals surface area contributed by atoms with Crippen molar-refractivity contribution in [1.29, 1.82) is 0 Å². The topological polar surface area (TPSA) is 44.4 Å². The van der Waals surface area contributed by atoms with Crippen molar-refractivity contribution in [2.45, 2.75) is 0 Å². The summed E-state index contributed by atoms with van der Waals surface area (Å²) < 4.78 is 0. The van der Waals surface area contributed by atoms with Crippen molar-refractivity contribution in [3.8, 4) is 0 Å². The zero-order valence-corrected chi connectivity index (χ0v) is 5.04. The Balaban J connectivity index is 0.000000640. The van der Waals surface area contributed by atoms with Crippen molar-refractivity contribution < 1.29 is 5.48 Å². The molecule has 0 radical (unpaired) electrons. The highest BCUT2D eigenvalue weighted by Crippen LogP contribution is 1.91. The molecular formula is C7H9NO. The van der Waals surface area contributed by atoms with Gasteiger partial charge in [-0.1, -0.05) is 12.6 Å². The van der Waals surface area contributed by atoms with E-state index in [1.165, 1.54) is 0 Å². The van der Waals surface area contributed by atoms with Gasteiger partial charge in [-0.25, -0.2) is 0 Å². The third-order valence-corrected chi connectivity index (χ3v) is 0.897. The highest BCUT2D eigenvalue weighted by Gasteiger charge is 1.77. The molecule has 1 aromatic rings. The van der Waals surface area contributed by atoms with Crippen LogP contribution in [0.5, 0.6) is 0 Å². The van der Waals surface area contributed by atoms with Crippen molar-refractivity contribution in [2.24, 2.45) is 0 Å². The first-order chi connectivity index (χ1) is 3.93. The molecule has 0 spiro atoms. The number of pyridine rings is 1. The predicted molar refractivity (Wildman–Crippen MR) is 37.9 cm³/mol. The normalized spacial score (nSPS) is 7.56. The third-order valence-electron chi connectivity index (χ3n) is 0.897. The van der Waals surface area contributed by atoms with E-state index in [0.717, 1.165) is 5.69 Å². The standard InChI is InChI=1S/C7H7N.H2O/c1-2-7-5-3-4-6-8-7;/h2-6H,1H2;1H2. The smallest absolute Gasteiger partial charge is 0.0623 e. The van der Waals surface area contributed by atoms with Gasteiger partial charge in [-0.2, -0.15) is 0 Å².